The van der Waals surface area contributed by atoms with Crippen molar-refractivity contribution in [2.75, 3.05) is 40.5 Å². The molecule has 0 aliphatic heterocycles. The van der Waals surface area contributed by atoms with Crippen molar-refractivity contribution in [3.63, 3.8) is 0 Å². The van der Waals surface area contributed by atoms with E-state index in [9.17, 15) is 14.4 Å². The van der Waals surface area contributed by atoms with Gasteiger partial charge in [-0.25, -0.2) is 0 Å². The smallest absolute Gasteiger partial charge is 0.308 e. The number of nitrogens with zero attached hydrogens (tertiary/aromatic N) is 1. The van der Waals surface area contributed by atoms with Gasteiger partial charge in [0.2, 0.25) is 0 Å². The Kier molecular flexibility index (Phi) is 25.5. The van der Waals surface area contributed by atoms with E-state index in [1.165, 1.54) is 51.4 Å². The fourth-order valence-corrected chi connectivity index (χ4v) is 5.70. The quantitative estimate of drug-likeness (QED) is 0.0309. The van der Waals surface area contributed by atoms with Crippen LogP contribution < -0.4 is 0 Å². The summed E-state index contributed by atoms with van der Waals surface area (Å²) in [6.45, 7) is 5.48. The van der Waals surface area contributed by atoms with Gasteiger partial charge in [0.05, 0.1) is 11.8 Å². The zero-order valence-corrected chi connectivity index (χ0v) is 29.4. The number of ether oxygens (including phenoxy) is 3. The van der Waals surface area contributed by atoms with Crippen LogP contribution in [0.5, 0.6) is 0 Å². The van der Waals surface area contributed by atoms with Gasteiger partial charge in [-0.3, -0.25) is 14.4 Å². The van der Waals surface area contributed by atoms with Crippen molar-refractivity contribution in [1.29, 1.82) is 0 Å². The first-order valence-electron chi connectivity index (χ1n) is 18.3. The third-order valence-corrected chi connectivity index (χ3v) is 8.68. The highest BCUT2D eigenvalue weighted by Crippen LogP contribution is 2.30. The van der Waals surface area contributed by atoms with Gasteiger partial charge < -0.3 is 19.1 Å². The lowest BCUT2D eigenvalue weighted by atomic mass is 9.91. The topological polar surface area (TPSA) is 82.1 Å². The fraction of sp³-hybridized carbons (Fsp3) is 0.816. The molecular weight excluding hydrogens is 566 g/mol. The molecule has 0 heterocycles. The fourth-order valence-electron chi connectivity index (χ4n) is 5.70. The SMILES string of the molecule is CCCCC/C=C\C/C=C\CCCCCCCC(=O)OCC(COC(=O)CCCN(C)C)COC(=O)C1CCCCC(CC)C1. The maximum absolute atomic E-state index is 12.9. The van der Waals surface area contributed by atoms with Crippen molar-refractivity contribution in [2.24, 2.45) is 17.8 Å². The predicted molar refractivity (Wildman–Crippen MR) is 184 cm³/mol. The number of carbonyl (C=O) groups excluding carboxylic acids is 3. The van der Waals surface area contributed by atoms with Crippen LogP contribution in [0.1, 0.15) is 142 Å². The minimum absolute atomic E-state index is 0.0764. The van der Waals surface area contributed by atoms with E-state index in [0.717, 1.165) is 64.3 Å². The highest BCUT2D eigenvalue weighted by Gasteiger charge is 2.27. The van der Waals surface area contributed by atoms with E-state index in [0.29, 0.717) is 25.2 Å². The Bertz CT molecular complexity index is 823. The van der Waals surface area contributed by atoms with Crippen LogP contribution in [0.15, 0.2) is 24.3 Å². The van der Waals surface area contributed by atoms with Crippen molar-refractivity contribution in [1.82, 2.24) is 4.90 Å². The maximum Gasteiger partial charge on any atom is 0.308 e. The van der Waals surface area contributed by atoms with E-state index in [-0.39, 0.29) is 49.6 Å². The number of rotatable bonds is 26. The van der Waals surface area contributed by atoms with Crippen LogP contribution in [0.25, 0.3) is 0 Å². The van der Waals surface area contributed by atoms with E-state index in [1.54, 1.807) is 0 Å². The molecule has 260 valence electrons. The van der Waals surface area contributed by atoms with Gasteiger partial charge in [0.25, 0.3) is 0 Å². The highest BCUT2D eigenvalue weighted by atomic mass is 16.6. The molecule has 3 unspecified atom stereocenters. The molecule has 0 aromatic heterocycles. The number of hydrogen-bond acceptors (Lipinski definition) is 7. The van der Waals surface area contributed by atoms with Crippen LogP contribution in [0.3, 0.4) is 0 Å². The molecule has 0 aromatic carbocycles. The normalized spacial score (nSPS) is 17.9. The summed E-state index contributed by atoms with van der Waals surface area (Å²) in [5, 5.41) is 0. The molecule has 0 amide bonds. The summed E-state index contributed by atoms with van der Waals surface area (Å²) in [5.41, 5.74) is 0. The zero-order valence-electron chi connectivity index (χ0n) is 29.4. The molecule has 0 aromatic rings. The Hall–Kier alpha value is -2.15. The second-order valence-electron chi connectivity index (χ2n) is 13.2. The van der Waals surface area contributed by atoms with E-state index in [4.69, 9.17) is 14.2 Å². The number of hydrogen-bond donors (Lipinski definition) is 0. The number of allylic oxidation sites excluding steroid dienone is 4. The van der Waals surface area contributed by atoms with E-state index in [1.807, 2.05) is 19.0 Å². The Balaban J connectivity index is 2.33. The average molecular weight is 634 g/mol. The van der Waals surface area contributed by atoms with Crippen LogP contribution >= 0.6 is 0 Å². The molecule has 1 saturated carbocycles. The van der Waals surface area contributed by atoms with Crippen molar-refractivity contribution >= 4 is 17.9 Å². The van der Waals surface area contributed by atoms with Crippen LogP contribution in [-0.2, 0) is 28.6 Å². The van der Waals surface area contributed by atoms with E-state index < -0.39 is 0 Å². The van der Waals surface area contributed by atoms with Crippen molar-refractivity contribution in [2.45, 2.75) is 142 Å². The molecule has 0 spiro atoms. The lowest BCUT2D eigenvalue weighted by molar-refractivity contribution is -0.156. The lowest BCUT2D eigenvalue weighted by Gasteiger charge is -2.21. The number of unbranched alkanes of at least 4 members (excludes halogenated alkanes) is 8. The van der Waals surface area contributed by atoms with E-state index >= 15 is 0 Å². The van der Waals surface area contributed by atoms with Gasteiger partial charge in [0.1, 0.15) is 19.8 Å². The van der Waals surface area contributed by atoms with Gasteiger partial charge in [-0.15, -0.1) is 0 Å². The summed E-state index contributed by atoms with van der Waals surface area (Å²) in [7, 11) is 3.94. The average Bonchev–Trinajstić information content (AvgIpc) is 3.28. The summed E-state index contributed by atoms with van der Waals surface area (Å²) >= 11 is 0. The van der Waals surface area contributed by atoms with Crippen molar-refractivity contribution in [3.8, 4) is 0 Å². The largest absolute Gasteiger partial charge is 0.465 e. The first kappa shape index (κ1) is 40.9. The van der Waals surface area contributed by atoms with Gasteiger partial charge in [-0.1, -0.05) is 95.9 Å². The minimum atomic E-state index is -0.368. The highest BCUT2D eigenvalue weighted by molar-refractivity contribution is 5.72. The molecule has 1 aliphatic carbocycles. The molecule has 45 heavy (non-hydrogen) atoms. The van der Waals surface area contributed by atoms with Gasteiger partial charge in [0, 0.05) is 12.8 Å². The Morgan fingerprint density at radius 2 is 1.29 bits per heavy atom. The maximum atomic E-state index is 12.9. The first-order chi connectivity index (χ1) is 21.8. The third-order valence-electron chi connectivity index (χ3n) is 8.68. The van der Waals surface area contributed by atoms with Gasteiger partial charge >= 0.3 is 17.9 Å². The summed E-state index contributed by atoms with van der Waals surface area (Å²) in [6.07, 6.45) is 29.2. The third kappa shape index (κ3) is 23.8. The van der Waals surface area contributed by atoms with Crippen LogP contribution in [-0.4, -0.2) is 63.3 Å². The Labute approximate surface area is 275 Å². The second kappa shape index (κ2) is 28.1. The zero-order chi connectivity index (χ0) is 33.0. The lowest BCUT2D eigenvalue weighted by Crippen LogP contribution is -2.28. The molecule has 0 bridgehead atoms. The van der Waals surface area contributed by atoms with Crippen LogP contribution in [0, 0.1) is 17.8 Å². The number of carbonyl (C=O) groups is 3. The van der Waals surface area contributed by atoms with Crippen LogP contribution in [0.4, 0.5) is 0 Å². The summed E-state index contributed by atoms with van der Waals surface area (Å²) < 4.78 is 16.8. The Morgan fingerprint density at radius 3 is 1.93 bits per heavy atom. The molecule has 1 rings (SSSR count). The van der Waals surface area contributed by atoms with Gasteiger partial charge in [-0.05, 0) is 84.3 Å². The monoisotopic (exact) mass is 633 g/mol. The first-order valence-corrected chi connectivity index (χ1v) is 18.3. The molecular formula is C38H67NO6. The van der Waals surface area contributed by atoms with Gasteiger partial charge in [0.15, 0.2) is 0 Å². The Morgan fingerprint density at radius 1 is 0.711 bits per heavy atom. The van der Waals surface area contributed by atoms with E-state index in [2.05, 4.69) is 38.2 Å². The van der Waals surface area contributed by atoms with Crippen LogP contribution in [0.2, 0.25) is 0 Å². The molecule has 1 fully saturated rings. The molecule has 7 nitrogen and oxygen atoms in total. The molecule has 3 atom stereocenters. The molecule has 1 aliphatic rings. The molecule has 0 N–H and O–H groups in total. The summed E-state index contributed by atoms with van der Waals surface area (Å²) in [6, 6.07) is 0. The molecule has 7 heteroatoms. The van der Waals surface area contributed by atoms with Gasteiger partial charge in [-0.2, -0.15) is 0 Å². The minimum Gasteiger partial charge on any atom is -0.465 e. The second-order valence-corrected chi connectivity index (χ2v) is 13.2. The number of esters is 3. The molecule has 0 radical (unpaired) electrons. The molecule has 0 saturated heterocycles. The van der Waals surface area contributed by atoms with Crippen molar-refractivity contribution in [3.05, 3.63) is 24.3 Å². The summed E-state index contributed by atoms with van der Waals surface area (Å²) in [5.74, 6) is -0.572. The standard InChI is InChI=1S/C38H67NO6/c1-5-7-8-9-10-11-12-13-14-15-16-17-18-19-20-26-36(40)43-30-34(31-44-37(41)27-23-28-39(3)4)32-45-38(42)35-25-22-21-24-33(6-2)29-35/h10-11,13-14,33-35H,5-9,12,15-32H2,1-4H3/b11-10-,14-13-. The predicted octanol–water partition coefficient (Wildman–Crippen LogP) is 8.99. The van der Waals surface area contributed by atoms with Crippen molar-refractivity contribution < 1.29 is 28.6 Å². The summed E-state index contributed by atoms with van der Waals surface area (Å²) in [4.78, 5) is 39.7.